The van der Waals surface area contributed by atoms with E-state index >= 15 is 0 Å². The zero-order valence-corrected chi connectivity index (χ0v) is 14.3. The molecule has 0 saturated carbocycles. The minimum atomic E-state index is 0. The molecule has 0 N–H and O–H groups in total. The Labute approximate surface area is 152 Å². The van der Waals surface area contributed by atoms with Gasteiger partial charge in [0.25, 0.3) is 0 Å². The first-order valence-corrected chi connectivity index (χ1v) is 6.67. The van der Waals surface area contributed by atoms with Crippen molar-refractivity contribution in [2.75, 3.05) is 37.6 Å². The Balaban J connectivity index is -0.000000140. The van der Waals surface area contributed by atoms with Gasteiger partial charge < -0.3 is 9.80 Å². The van der Waals surface area contributed by atoms with Gasteiger partial charge in [0.05, 0.1) is 0 Å². The number of benzene rings is 1. The lowest BCUT2D eigenvalue weighted by atomic mass is 10.2. The standard InChI is InChI=1S/C12H17N5.5F2.FH/c1-2-16-7-9-17(10-8-16)12-5-3-11(4-6-12)14-15-13;5*1-2;/h3-6H,2,7-10H2,1H3;;;;;;1H. The molecule has 1 aromatic rings. The second-order valence-electron chi connectivity index (χ2n) is 4.13. The fraction of sp³-hybridized carbons (Fsp3) is 0.500. The molecule has 0 bridgehead atoms. The monoisotopic (exact) mass is 441 g/mol. The van der Waals surface area contributed by atoms with E-state index in [2.05, 4.69) is 26.7 Å². The molecule has 1 heterocycles. The van der Waals surface area contributed by atoms with Gasteiger partial charge in [-0.3, -0.25) is 4.70 Å². The van der Waals surface area contributed by atoms with E-state index in [-0.39, 0.29) is 4.70 Å². The maximum Gasteiger partial charge on any atom is 0.0376 e. The SMILES string of the molecule is CCN1CCN(c2ccc(N=[N+]=[N-])cc2)CC1.F.FF.FF.FF.FF.FF. The normalized spacial score (nSPS) is 11.2. The number of rotatable bonds is 3. The van der Waals surface area contributed by atoms with Crippen molar-refractivity contribution in [1.29, 1.82) is 0 Å². The van der Waals surface area contributed by atoms with E-state index in [4.69, 9.17) is 51.3 Å². The highest BCUT2D eigenvalue weighted by atomic mass is 20.0. The molecule has 1 saturated heterocycles. The van der Waals surface area contributed by atoms with Gasteiger partial charge in [0, 0.05) is 88.2 Å². The first kappa shape index (κ1) is 36.4. The number of hydrogen-bond acceptors (Lipinski definition) is 3. The molecule has 5 nitrogen and oxygen atoms in total. The lowest BCUT2D eigenvalue weighted by molar-refractivity contribution is 0.108. The minimum absolute atomic E-state index is 0. The molecular weight excluding hydrogens is 423 g/mol. The summed E-state index contributed by atoms with van der Waals surface area (Å²) in [7, 11) is 0. The van der Waals surface area contributed by atoms with Crippen LogP contribution in [0.3, 0.4) is 0 Å². The van der Waals surface area contributed by atoms with E-state index in [0.717, 1.165) is 32.7 Å². The van der Waals surface area contributed by atoms with Crippen molar-refractivity contribution in [1.82, 2.24) is 4.90 Å². The van der Waals surface area contributed by atoms with Crippen LogP contribution >= 0.6 is 0 Å². The lowest BCUT2D eigenvalue weighted by Gasteiger charge is -2.35. The summed E-state index contributed by atoms with van der Waals surface area (Å²) in [5.74, 6) is 0. The number of anilines is 1. The van der Waals surface area contributed by atoms with Crippen molar-refractivity contribution >= 4 is 11.4 Å². The van der Waals surface area contributed by atoms with E-state index in [1.807, 2.05) is 24.3 Å². The number of hydrogen-bond donors (Lipinski definition) is 0. The van der Waals surface area contributed by atoms with E-state index in [1.165, 1.54) is 5.69 Å². The fourth-order valence-corrected chi connectivity index (χ4v) is 2.10. The molecule has 16 heteroatoms. The van der Waals surface area contributed by atoms with Crippen molar-refractivity contribution in [2.24, 2.45) is 5.11 Å². The molecule has 1 aromatic carbocycles. The number of likely N-dealkylation sites (N-methyl/N-ethyl adjacent to an activating group) is 1. The van der Waals surface area contributed by atoms with Crippen LogP contribution in [0.25, 0.3) is 10.4 Å². The van der Waals surface area contributed by atoms with Gasteiger partial charge in [-0.1, -0.05) is 24.2 Å². The second kappa shape index (κ2) is 32.2. The van der Waals surface area contributed by atoms with Crippen LogP contribution in [-0.4, -0.2) is 37.6 Å². The van der Waals surface area contributed by atoms with Crippen molar-refractivity contribution < 1.29 is 50.4 Å². The van der Waals surface area contributed by atoms with Crippen molar-refractivity contribution in [3.63, 3.8) is 0 Å². The molecule has 0 radical (unpaired) electrons. The molecule has 0 unspecified atom stereocenters. The Bertz CT molecular complexity index is 426. The molecule has 0 aliphatic carbocycles. The highest BCUT2D eigenvalue weighted by Crippen LogP contribution is 2.21. The number of halogens is 11. The van der Waals surface area contributed by atoms with Crippen LogP contribution in [0.2, 0.25) is 0 Å². The largest absolute Gasteiger partial charge is 0.369 e. The summed E-state index contributed by atoms with van der Waals surface area (Å²) in [6.07, 6.45) is 0. The van der Waals surface area contributed by atoms with Gasteiger partial charge in [-0.15, -0.1) is 0 Å². The Hall–Kier alpha value is -2.48. The Morgan fingerprint density at radius 1 is 0.821 bits per heavy atom. The van der Waals surface area contributed by atoms with Crippen LogP contribution in [-0.2, 0) is 0 Å². The number of azide groups is 1. The summed E-state index contributed by atoms with van der Waals surface area (Å²) in [5, 5.41) is 3.57. The number of nitrogens with zero attached hydrogens (tertiary/aromatic N) is 5. The average Bonchev–Trinajstić information content (AvgIpc) is 2.81. The van der Waals surface area contributed by atoms with Crippen LogP contribution in [0.4, 0.5) is 61.8 Å². The molecular formula is C12H18F11N5. The first-order chi connectivity index (χ1) is 13.3. The fourth-order valence-electron chi connectivity index (χ4n) is 2.10. The molecule has 168 valence electrons. The van der Waals surface area contributed by atoms with Gasteiger partial charge in [0.15, 0.2) is 0 Å². The Kier molecular flexibility index (Phi) is 41.9. The molecule has 0 spiro atoms. The molecule has 0 amide bonds. The van der Waals surface area contributed by atoms with Gasteiger partial charge in [-0.05, 0) is 24.2 Å². The molecule has 2 rings (SSSR count). The van der Waals surface area contributed by atoms with Crippen molar-refractivity contribution in [2.45, 2.75) is 6.92 Å². The summed E-state index contributed by atoms with van der Waals surface area (Å²) in [6.45, 7) is 7.70. The van der Waals surface area contributed by atoms with Crippen molar-refractivity contribution in [3.8, 4) is 0 Å². The third-order valence-electron chi connectivity index (χ3n) is 3.19. The maximum atomic E-state index is 8.34. The molecule has 1 aliphatic rings. The van der Waals surface area contributed by atoms with Crippen LogP contribution in [0, 0.1) is 0 Å². The highest BCUT2D eigenvalue weighted by Gasteiger charge is 2.15. The zero-order valence-electron chi connectivity index (χ0n) is 14.3. The van der Waals surface area contributed by atoms with Gasteiger partial charge in [0.1, 0.15) is 0 Å². The topological polar surface area (TPSA) is 55.2 Å². The zero-order chi connectivity index (χ0) is 22.1. The predicted octanol–water partition coefficient (Wildman–Crippen LogP) is 7.12. The molecule has 1 aliphatic heterocycles. The summed E-state index contributed by atoms with van der Waals surface area (Å²) in [6, 6.07) is 7.76. The van der Waals surface area contributed by atoms with E-state index in [0.29, 0.717) is 5.69 Å². The summed E-state index contributed by atoms with van der Waals surface area (Å²) in [4.78, 5) is 7.59. The average molecular weight is 441 g/mol. The summed E-state index contributed by atoms with van der Waals surface area (Å²) in [5.41, 5.74) is 10.2. The third kappa shape index (κ3) is 17.0. The van der Waals surface area contributed by atoms with E-state index < -0.39 is 0 Å². The van der Waals surface area contributed by atoms with Crippen molar-refractivity contribution in [3.05, 3.63) is 34.7 Å². The molecule has 1 fully saturated rings. The number of piperazine rings is 1. The van der Waals surface area contributed by atoms with Crippen LogP contribution in [0.15, 0.2) is 29.4 Å². The molecule has 28 heavy (non-hydrogen) atoms. The second-order valence-corrected chi connectivity index (χ2v) is 4.13. The quantitative estimate of drug-likeness (QED) is 0.217. The van der Waals surface area contributed by atoms with Crippen LogP contribution < -0.4 is 4.90 Å². The maximum absolute atomic E-state index is 8.34. The summed E-state index contributed by atoms with van der Waals surface area (Å²) >= 11 is 0. The van der Waals surface area contributed by atoms with E-state index in [1.54, 1.807) is 0 Å². The predicted molar refractivity (Wildman–Crippen MR) is 83.2 cm³/mol. The van der Waals surface area contributed by atoms with Gasteiger partial charge >= 0.3 is 0 Å². The first-order valence-electron chi connectivity index (χ1n) is 6.67. The Morgan fingerprint density at radius 2 is 1.21 bits per heavy atom. The van der Waals surface area contributed by atoms with Crippen LogP contribution in [0.5, 0.6) is 0 Å². The van der Waals surface area contributed by atoms with E-state index in [9.17, 15) is 0 Å². The molecule has 0 aromatic heterocycles. The summed E-state index contributed by atoms with van der Waals surface area (Å²) < 4.78 is 80.0. The smallest absolute Gasteiger partial charge is 0.0376 e. The molecule has 0 atom stereocenters. The van der Waals surface area contributed by atoms with Gasteiger partial charge in [0.2, 0.25) is 0 Å². The van der Waals surface area contributed by atoms with Gasteiger partial charge in [-0.2, -0.15) is 0 Å². The van der Waals surface area contributed by atoms with Crippen LogP contribution in [0.1, 0.15) is 6.92 Å². The minimum Gasteiger partial charge on any atom is -0.369 e. The highest BCUT2D eigenvalue weighted by molar-refractivity contribution is 5.53. The van der Waals surface area contributed by atoms with Gasteiger partial charge in [-0.25, -0.2) is 0 Å². The Morgan fingerprint density at radius 3 is 1.54 bits per heavy atom. The third-order valence-corrected chi connectivity index (χ3v) is 3.19. The lowest BCUT2D eigenvalue weighted by Crippen LogP contribution is -2.46.